The third-order valence-electron chi connectivity index (χ3n) is 27.2. The van der Waals surface area contributed by atoms with Gasteiger partial charge in [0.25, 0.3) is 6.71 Å². The second-order valence-corrected chi connectivity index (χ2v) is 35.3. The predicted molar refractivity (Wildman–Crippen MR) is 541 cm³/mol. The van der Waals surface area contributed by atoms with Crippen LogP contribution in [0, 0.1) is 0 Å². The minimum Gasteiger partial charge on any atom is -0.310 e. The van der Waals surface area contributed by atoms with Crippen molar-refractivity contribution in [3.05, 3.63) is 454 Å². The number of benzene rings is 21. The second-order valence-electron chi connectivity index (χ2n) is 35.3. The highest BCUT2D eigenvalue weighted by molar-refractivity contribution is 7.00. The summed E-state index contributed by atoms with van der Waals surface area (Å²) in [6.45, 7) is 6.90. The SMILES string of the molecule is CC(C)(C)c1cc2c3c(c1)N(c1c(-c4ccccc4)cc(-c4cccc5ccccc45)cc1-c1ccccc1)c1cc(-n4c5ccccc5c5c6ccccc6c(-c6ccccc6)cc54)ccc1B3c1ccc(-n3c4ccccc4c4c5ccccc5c(-c5ccccc5)cc43)cc1N2c1c(-c2ccccc2)cc(-c2cccc3ccccc23)cc1-c1ccccc1. The number of hydrogen-bond donors (Lipinski definition) is 0. The Morgan fingerprint density at radius 1 is 0.205 bits per heavy atom. The van der Waals surface area contributed by atoms with Crippen LogP contribution in [-0.4, -0.2) is 15.8 Å². The molecule has 0 unspecified atom stereocenters. The van der Waals surface area contributed by atoms with Crippen LogP contribution in [0.2, 0.25) is 0 Å². The van der Waals surface area contributed by atoms with Crippen LogP contribution < -0.4 is 26.2 Å². The van der Waals surface area contributed by atoms with Gasteiger partial charge in [-0.15, -0.1) is 0 Å². The van der Waals surface area contributed by atoms with E-state index in [-0.39, 0.29) is 6.71 Å². The predicted octanol–water partition coefficient (Wildman–Crippen LogP) is 31.2. The van der Waals surface area contributed by atoms with E-state index >= 15 is 0 Å². The Bertz CT molecular complexity index is 7800. The minimum atomic E-state index is -0.418. The van der Waals surface area contributed by atoms with E-state index in [2.05, 4.69) is 489 Å². The molecule has 594 valence electrons. The molecular formula is C122H83BN4. The number of hydrogen-bond acceptors (Lipinski definition) is 2. The van der Waals surface area contributed by atoms with Crippen LogP contribution in [0.5, 0.6) is 0 Å². The molecule has 2 aromatic heterocycles. The summed E-state index contributed by atoms with van der Waals surface area (Å²) in [6.07, 6.45) is 0. The van der Waals surface area contributed by atoms with Crippen LogP contribution in [0.3, 0.4) is 0 Å². The van der Waals surface area contributed by atoms with E-state index in [1.165, 1.54) is 120 Å². The van der Waals surface area contributed by atoms with E-state index in [4.69, 9.17) is 0 Å². The molecule has 5 heteroatoms. The van der Waals surface area contributed by atoms with Crippen molar-refractivity contribution in [1.29, 1.82) is 0 Å². The first-order chi connectivity index (χ1) is 62.7. The molecule has 23 aromatic rings. The van der Waals surface area contributed by atoms with Crippen LogP contribution in [0.15, 0.2) is 449 Å². The number of fused-ring (bicyclic) bond motifs is 16. The summed E-state index contributed by atoms with van der Waals surface area (Å²) >= 11 is 0. The van der Waals surface area contributed by atoms with Gasteiger partial charge in [-0.2, -0.15) is 0 Å². The summed E-state index contributed by atoms with van der Waals surface area (Å²) in [5, 5.41) is 14.5. The number of nitrogens with zero attached hydrogens (tertiary/aromatic N) is 4. The molecular weight excluding hydrogens is 1530 g/mol. The van der Waals surface area contributed by atoms with Gasteiger partial charge < -0.3 is 18.9 Å². The van der Waals surface area contributed by atoms with Gasteiger partial charge >= 0.3 is 0 Å². The molecule has 2 aliphatic heterocycles. The van der Waals surface area contributed by atoms with E-state index < -0.39 is 5.41 Å². The fourth-order valence-corrected chi connectivity index (χ4v) is 21.5. The van der Waals surface area contributed by atoms with Crippen molar-refractivity contribution in [3.63, 3.8) is 0 Å². The number of para-hydroxylation sites is 2. The van der Waals surface area contributed by atoms with E-state index in [0.717, 1.165) is 123 Å². The highest BCUT2D eigenvalue weighted by Crippen LogP contribution is 2.57. The fourth-order valence-electron chi connectivity index (χ4n) is 21.5. The first kappa shape index (κ1) is 73.6. The van der Waals surface area contributed by atoms with Crippen molar-refractivity contribution in [1.82, 2.24) is 9.13 Å². The lowest BCUT2D eigenvalue weighted by Crippen LogP contribution is -2.61. The van der Waals surface area contributed by atoms with E-state index in [9.17, 15) is 0 Å². The van der Waals surface area contributed by atoms with E-state index in [0.29, 0.717) is 0 Å². The largest absolute Gasteiger partial charge is 0.310 e. The first-order valence-corrected chi connectivity index (χ1v) is 44.3. The molecule has 0 saturated heterocycles. The Labute approximate surface area is 738 Å². The van der Waals surface area contributed by atoms with E-state index in [1.54, 1.807) is 0 Å². The fraction of sp³-hybridized carbons (Fsp3) is 0.0328. The molecule has 2 aliphatic rings. The van der Waals surface area contributed by atoms with Gasteiger partial charge in [0.2, 0.25) is 0 Å². The van der Waals surface area contributed by atoms with Gasteiger partial charge in [-0.1, -0.05) is 385 Å². The molecule has 0 saturated carbocycles. The van der Waals surface area contributed by atoms with Crippen molar-refractivity contribution in [2.24, 2.45) is 0 Å². The van der Waals surface area contributed by atoms with Crippen LogP contribution in [0.4, 0.5) is 34.1 Å². The molecule has 127 heavy (non-hydrogen) atoms. The third kappa shape index (κ3) is 11.8. The van der Waals surface area contributed by atoms with Crippen LogP contribution >= 0.6 is 0 Å². The number of aromatic nitrogens is 2. The molecule has 21 aromatic carbocycles. The maximum atomic E-state index is 2.75. The quantitative estimate of drug-likeness (QED) is 0.113. The zero-order valence-electron chi connectivity index (χ0n) is 70.6. The second kappa shape index (κ2) is 29.3. The highest BCUT2D eigenvalue weighted by Gasteiger charge is 2.47. The zero-order valence-corrected chi connectivity index (χ0v) is 70.6. The highest BCUT2D eigenvalue weighted by atomic mass is 15.2. The first-order valence-electron chi connectivity index (χ1n) is 44.3. The maximum Gasteiger partial charge on any atom is 0.252 e. The van der Waals surface area contributed by atoms with Gasteiger partial charge in [0.1, 0.15) is 0 Å². The van der Waals surface area contributed by atoms with E-state index in [1.807, 2.05) is 0 Å². The van der Waals surface area contributed by atoms with Crippen LogP contribution in [0.25, 0.3) is 187 Å². The Hall–Kier alpha value is -16.1. The molecule has 0 amide bonds. The molecule has 4 nitrogen and oxygen atoms in total. The van der Waals surface area contributed by atoms with Gasteiger partial charge in [0.15, 0.2) is 0 Å². The van der Waals surface area contributed by atoms with Crippen molar-refractivity contribution < 1.29 is 0 Å². The maximum absolute atomic E-state index is 2.75. The average Bonchev–Trinajstić information content (AvgIpc) is 0.939. The summed E-state index contributed by atoms with van der Waals surface area (Å²) < 4.78 is 5.15. The summed E-state index contributed by atoms with van der Waals surface area (Å²) in [7, 11) is 0. The molecule has 0 spiro atoms. The van der Waals surface area contributed by atoms with Crippen LogP contribution in [-0.2, 0) is 5.41 Å². The Morgan fingerprint density at radius 2 is 0.504 bits per heavy atom. The third-order valence-corrected chi connectivity index (χ3v) is 27.2. The van der Waals surface area contributed by atoms with Crippen molar-refractivity contribution in [2.45, 2.75) is 26.2 Å². The molecule has 4 heterocycles. The topological polar surface area (TPSA) is 16.3 Å². The molecule has 0 bridgehead atoms. The van der Waals surface area contributed by atoms with Gasteiger partial charge in [-0.3, -0.25) is 0 Å². The van der Waals surface area contributed by atoms with Gasteiger partial charge in [0, 0.05) is 77.9 Å². The lowest BCUT2D eigenvalue weighted by atomic mass is 9.33. The van der Waals surface area contributed by atoms with Crippen molar-refractivity contribution in [3.8, 4) is 100 Å². The Morgan fingerprint density at radius 3 is 0.858 bits per heavy atom. The Balaban J connectivity index is 0.858. The molecule has 0 N–H and O–H groups in total. The molecule has 0 radical (unpaired) electrons. The monoisotopic (exact) mass is 1610 g/mol. The Kier molecular flexibility index (Phi) is 17.0. The molecule has 0 atom stereocenters. The van der Waals surface area contributed by atoms with Crippen molar-refractivity contribution >= 4 is 144 Å². The molecule has 25 rings (SSSR count). The van der Waals surface area contributed by atoms with Gasteiger partial charge in [-0.05, 0) is 222 Å². The lowest BCUT2D eigenvalue weighted by Gasteiger charge is -2.46. The zero-order chi connectivity index (χ0) is 84.1. The summed E-state index contributed by atoms with van der Waals surface area (Å²) in [5.41, 5.74) is 35.9. The average molecular weight is 1620 g/mol. The van der Waals surface area contributed by atoms with Crippen molar-refractivity contribution in [2.75, 3.05) is 9.80 Å². The number of anilines is 6. The number of rotatable bonds is 12. The summed E-state index contributed by atoms with van der Waals surface area (Å²) in [6, 6.07) is 170. The molecule has 0 fully saturated rings. The standard InChI is InChI=1S/C122H83BN4/c1-122(2,3)88-72-115-119-116(73-88)127(121-105(84-44-18-8-19-45-84)70-87(71-106(121)85-46-20-9-21-47-85)94-61-35-51-79-49-23-25-53-92(79)94)112-75-90(125-110-63-33-31-59-100(110)118-98-57-29-27-55-96(98)102(77-114(118)125)81-38-12-5-13-39-81)65-67-108(112)123(119)107-66-64-89(124-109-62-32-30-58-99(109)117-97-56-28-26-54-95(97)101(76-113(117)124)80-36-10-4-11-37-80)74-111(107)126(115)120-103(82-40-14-6-15-41-82)68-86(69-104(120)83-42-16-7-17-43-83)93-60-34-50-78-48-22-24-52-91(78)93/h4-77H,1-3H3. The van der Waals surface area contributed by atoms with Gasteiger partial charge in [-0.25, -0.2) is 0 Å². The minimum absolute atomic E-state index is 0.344. The summed E-state index contributed by atoms with van der Waals surface area (Å²) in [4.78, 5) is 5.51. The summed E-state index contributed by atoms with van der Waals surface area (Å²) in [5.74, 6) is 0. The molecule has 0 aliphatic carbocycles. The smallest absolute Gasteiger partial charge is 0.252 e. The van der Waals surface area contributed by atoms with Crippen LogP contribution in [0.1, 0.15) is 26.3 Å². The van der Waals surface area contributed by atoms with Gasteiger partial charge in [0.05, 0.1) is 33.4 Å². The normalized spacial score (nSPS) is 12.5. The lowest BCUT2D eigenvalue weighted by molar-refractivity contribution is 0.590.